The largest absolute Gasteiger partial charge is 0.440 e. The number of benzene rings is 1. The average molecular weight is 333 g/mol. The first-order valence-electron chi connectivity index (χ1n) is 8.00. The van der Waals surface area contributed by atoms with E-state index in [4.69, 9.17) is 16.0 Å². The Morgan fingerprint density at radius 2 is 2.09 bits per heavy atom. The van der Waals surface area contributed by atoms with Gasteiger partial charge in [-0.2, -0.15) is 0 Å². The summed E-state index contributed by atoms with van der Waals surface area (Å²) in [7, 11) is 0. The van der Waals surface area contributed by atoms with Gasteiger partial charge in [0, 0.05) is 19.6 Å². The fourth-order valence-corrected chi connectivity index (χ4v) is 3.19. The summed E-state index contributed by atoms with van der Waals surface area (Å²) in [5, 5.41) is 3.13. The number of rotatable bonds is 6. The van der Waals surface area contributed by atoms with Crippen molar-refractivity contribution >= 4 is 17.5 Å². The van der Waals surface area contributed by atoms with Crippen molar-refractivity contribution in [3.8, 4) is 0 Å². The van der Waals surface area contributed by atoms with Crippen LogP contribution in [0.15, 0.2) is 46.9 Å². The minimum absolute atomic E-state index is 0.198. The van der Waals surface area contributed by atoms with Crippen LogP contribution in [0.3, 0.4) is 0 Å². The molecule has 3 rings (SSSR count). The summed E-state index contributed by atoms with van der Waals surface area (Å²) in [6.07, 6.45) is 2.18. The van der Waals surface area contributed by atoms with Crippen LogP contribution in [0.4, 0.5) is 0 Å². The molecule has 1 atom stereocenters. The molecule has 1 aliphatic rings. The third-order valence-electron chi connectivity index (χ3n) is 4.25. The maximum Gasteiger partial charge on any atom is 0.287 e. The van der Waals surface area contributed by atoms with Crippen molar-refractivity contribution in [2.45, 2.75) is 19.4 Å². The quantitative estimate of drug-likeness (QED) is 0.879. The molecule has 0 saturated carbocycles. The van der Waals surface area contributed by atoms with E-state index in [2.05, 4.69) is 34.5 Å². The molecule has 1 aliphatic heterocycles. The van der Waals surface area contributed by atoms with Crippen LogP contribution in [0, 0.1) is 5.92 Å². The average Bonchev–Trinajstić information content (AvgIpc) is 3.17. The number of halogens is 1. The number of hydrogen-bond donors (Lipinski definition) is 1. The van der Waals surface area contributed by atoms with Gasteiger partial charge < -0.3 is 9.73 Å². The summed E-state index contributed by atoms with van der Waals surface area (Å²) in [5.74, 6) is 0.711. The third kappa shape index (κ3) is 4.60. The van der Waals surface area contributed by atoms with Crippen molar-refractivity contribution in [2.75, 3.05) is 19.6 Å². The number of carbonyl (C=O) groups excluding carboxylic acids is 1. The molecule has 0 radical (unpaired) electrons. The second-order valence-electron chi connectivity index (χ2n) is 6.02. The van der Waals surface area contributed by atoms with Gasteiger partial charge in [-0.3, -0.25) is 9.69 Å². The maximum atomic E-state index is 11.9. The molecule has 1 N–H and O–H groups in total. The molecule has 1 aromatic carbocycles. The van der Waals surface area contributed by atoms with Crippen LogP contribution in [-0.2, 0) is 6.54 Å². The fraction of sp³-hybridized carbons (Fsp3) is 0.389. The van der Waals surface area contributed by atoms with Gasteiger partial charge in [-0.25, -0.2) is 0 Å². The van der Waals surface area contributed by atoms with E-state index in [1.54, 1.807) is 12.1 Å². The van der Waals surface area contributed by atoms with E-state index in [-0.39, 0.29) is 16.9 Å². The molecule has 2 heterocycles. The van der Waals surface area contributed by atoms with Gasteiger partial charge in [-0.15, -0.1) is 0 Å². The van der Waals surface area contributed by atoms with Gasteiger partial charge in [0.2, 0.25) is 0 Å². The van der Waals surface area contributed by atoms with Gasteiger partial charge in [0.15, 0.2) is 11.0 Å². The van der Waals surface area contributed by atoms with Gasteiger partial charge in [0.1, 0.15) is 0 Å². The summed E-state index contributed by atoms with van der Waals surface area (Å²) in [6.45, 7) is 3.90. The SMILES string of the molecule is O=C(NCCC1CCN(Cc2ccccc2)C1)c1ccc(Cl)o1. The molecule has 1 aromatic heterocycles. The van der Waals surface area contributed by atoms with Gasteiger partial charge >= 0.3 is 0 Å². The topological polar surface area (TPSA) is 45.5 Å². The number of amides is 1. The van der Waals surface area contributed by atoms with Crippen molar-refractivity contribution in [1.29, 1.82) is 0 Å². The molecule has 2 aromatic rings. The molecule has 1 saturated heterocycles. The van der Waals surface area contributed by atoms with Crippen molar-refractivity contribution in [2.24, 2.45) is 5.92 Å². The molecule has 4 nitrogen and oxygen atoms in total. The van der Waals surface area contributed by atoms with Crippen LogP contribution in [0.5, 0.6) is 0 Å². The second kappa shape index (κ2) is 7.66. The lowest BCUT2D eigenvalue weighted by Gasteiger charge is -2.16. The first kappa shape index (κ1) is 16.1. The Morgan fingerprint density at radius 3 is 2.83 bits per heavy atom. The minimum atomic E-state index is -0.198. The normalized spacial score (nSPS) is 18.2. The van der Waals surface area contributed by atoms with Crippen LogP contribution in [0.2, 0.25) is 5.22 Å². The Balaban J connectivity index is 1.38. The molecule has 0 spiro atoms. The van der Waals surface area contributed by atoms with E-state index >= 15 is 0 Å². The highest BCUT2D eigenvalue weighted by Crippen LogP contribution is 2.21. The first-order valence-corrected chi connectivity index (χ1v) is 8.38. The Kier molecular flexibility index (Phi) is 5.36. The summed E-state index contributed by atoms with van der Waals surface area (Å²) in [6, 6.07) is 13.7. The van der Waals surface area contributed by atoms with Crippen LogP contribution in [-0.4, -0.2) is 30.4 Å². The lowest BCUT2D eigenvalue weighted by atomic mass is 10.1. The molecular formula is C18H21ClN2O2. The van der Waals surface area contributed by atoms with Crippen molar-refractivity contribution in [3.63, 3.8) is 0 Å². The van der Waals surface area contributed by atoms with E-state index < -0.39 is 0 Å². The summed E-state index contributed by atoms with van der Waals surface area (Å²) in [5.41, 5.74) is 1.36. The van der Waals surface area contributed by atoms with E-state index in [9.17, 15) is 4.79 Å². The van der Waals surface area contributed by atoms with Gasteiger partial charge in [0.25, 0.3) is 5.91 Å². The van der Waals surface area contributed by atoms with Crippen molar-refractivity contribution < 1.29 is 9.21 Å². The van der Waals surface area contributed by atoms with Crippen LogP contribution >= 0.6 is 11.6 Å². The number of carbonyl (C=O) groups is 1. The predicted octanol–water partition coefficient (Wildman–Crippen LogP) is 3.58. The molecular weight excluding hydrogens is 312 g/mol. The summed E-state index contributed by atoms with van der Waals surface area (Å²) >= 11 is 5.67. The molecule has 1 unspecified atom stereocenters. The molecule has 122 valence electrons. The lowest BCUT2D eigenvalue weighted by Crippen LogP contribution is -2.26. The molecule has 1 fully saturated rings. The zero-order chi connectivity index (χ0) is 16.1. The van der Waals surface area contributed by atoms with E-state index in [1.807, 2.05) is 6.07 Å². The zero-order valence-electron chi connectivity index (χ0n) is 13.0. The second-order valence-corrected chi connectivity index (χ2v) is 6.40. The fourth-order valence-electron chi connectivity index (χ4n) is 3.05. The van der Waals surface area contributed by atoms with Gasteiger partial charge in [-0.05, 0) is 54.6 Å². The predicted molar refractivity (Wildman–Crippen MR) is 90.5 cm³/mol. The number of hydrogen-bond acceptors (Lipinski definition) is 3. The minimum Gasteiger partial charge on any atom is -0.440 e. The standard InChI is InChI=1S/C18H21ClN2O2/c19-17-7-6-16(23-17)18(22)20-10-8-15-9-11-21(13-15)12-14-4-2-1-3-5-14/h1-7,15H,8-13H2,(H,20,22). The van der Waals surface area contributed by atoms with E-state index in [0.29, 0.717) is 12.5 Å². The third-order valence-corrected chi connectivity index (χ3v) is 4.46. The zero-order valence-corrected chi connectivity index (χ0v) is 13.8. The summed E-state index contributed by atoms with van der Waals surface area (Å²) < 4.78 is 5.10. The Morgan fingerprint density at radius 1 is 1.26 bits per heavy atom. The molecule has 0 aliphatic carbocycles. The maximum absolute atomic E-state index is 11.9. The Hall–Kier alpha value is -1.78. The van der Waals surface area contributed by atoms with Gasteiger partial charge in [-0.1, -0.05) is 30.3 Å². The van der Waals surface area contributed by atoms with Crippen molar-refractivity contribution in [1.82, 2.24) is 10.2 Å². The van der Waals surface area contributed by atoms with Crippen LogP contribution in [0.1, 0.15) is 29.0 Å². The Bertz CT molecular complexity index is 641. The summed E-state index contributed by atoms with van der Waals surface area (Å²) in [4.78, 5) is 14.3. The van der Waals surface area contributed by atoms with Crippen LogP contribution in [0.25, 0.3) is 0 Å². The first-order chi connectivity index (χ1) is 11.2. The van der Waals surface area contributed by atoms with E-state index in [0.717, 1.165) is 26.1 Å². The Labute approximate surface area is 141 Å². The number of likely N-dealkylation sites (tertiary alicyclic amines) is 1. The van der Waals surface area contributed by atoms with Gasteiger partial charge in [0.05, 0.1) is 0 Å². The number of nitrogens with one attached hydrogen (secondary N) is 1. The molecule has 0 bridgehead atoms. The van der Waals surface area contributed by atoms with Crippen LogP contribution < -0.4 is 5.32 Å². The number of furan rings is 1. The van der Waals surface area contributed by atoms with Crippen molar-refractivity contribution in [3.05, 3.63) is 59.0 Å². The molecule has 1 amide bonds. The smallest absolute Gasteiger partial charge is 0.287 e. The monoisotopic (exact) mass is 332 g/mol. The van der Waals surface area contributed by atoms with E-state index in [1.165, 1.54) is 12.0 Å². The highest BCUT2D eigenvalue weighted by atomic mass is 35.5. The molecule has 23 heavy (non-hydrogen) atoms. The highest BCUT2D eigenvalue weighted by Gasteiger charge is 2.22. The molecule has 5 heteroatoms. The highest BCUT2D eigenvalue weighted by molar-refractivity contribution is 6.29. The lowest BCUT2D eigenvalue weighted by molar-refractivity contribution is 0.0924. The number of nitrogens with zero attached hydrogens (tertiary/aromatic N) is 1.